The molecule has 184 valence electrons. The van der Waals surface area contributed by atoms with Crippen LogP contribution < -0.4 is 15.6 Å². The van der Waals surface area contributed by atoms with Crippen molar-refractivity contribution in [2.75, 3.05) is 13.1 Å². The van der Waals surface area contributed by atoms with Gasteiger partial charge in [0.2, 0.25) is 5.91 Å². The van der Waals surface area contributed by atoms with E-state index in [1.165, 1.54) is 17.2 Å². The Kier molecular flexibility index (Phi) is 8.55. The van der Waals surface area contributed by atoms with Crippen LogP contribution in [0.5, 0.6) is 5.75 Å². The van der Waals surface area contributed by atoms with E-state index < -0.39 is 0 Å². The zero-order valence-corrected chi connectivity index (χ0v) is 20.7. The van der Waals surface area contributed by atoms with Crippen molar-refractivity contribution in [2.24, 2.45) is 0 Å². The Balaban J connectivity index is 1.23. The van der Waals surface area contributed by atoms with Gasteiger partial charge in [0.25, 0.3) is 5.56 Å². The van der Waals surface area contributed by atoms with Crippen LogP contribution in [0.3, 0.4) is 0 Å². The van der Waals surface area contributed by atoms with Crippen molar-refractivity contribution in [3.8, 4) is 5.75 Å². The van der Waals surface area contributed by atoms with Gasteiger partial charge in [-0.1, -0.05) is 35.9 Å². The van der Waals surface area contributed by atoms with E-state index in [1.807, 2.05) is 0 Å². The fourth-order valence-corrected chi connectivity index (χ4v) is 4.37. The number of nitrogens with zero attached hydrogens (tertiary/aromatic N) is 3. The standard InChI is InChI=1S/C27H31ClN4O3/c1-20(33)30-24-9-12-31(13-10-24)18-22-4-2-21(3-5-22)8-14-32-15-11-26(16-27(32)34)35-19-25-7-6-23(28)17-29-25/h2-7,11,15-17,24H,8-10,12-14,18-19H2,1H3,(H,30,33). The lowest BCUT2D eigenvalue weighted by atomic mass is 10.0. The van der Waals surface area contributed by atoms with Gasteiger partial charge in [0, 0.05) is 57.6 Å². The van der Waals surface area contributed by atoms with Gasteiger partial charge >= 0.3 is 0 Å². The van der Waals surface area contributed by atoms with Gasteiger partial charge in [0.15, 0.2) is 0 Å². The molecule has 1 fully saturated rings. The van der Waals surface area contributed by atoms with Gasteiger partial charge in [-0.15, -0.1) is 0 Å². The van der Waals surface area contributed by atoms with Crippen LogP contribution in [-0.4, -0.2) is 39.5 Å². The number of halogens is 1. The maximum atomic E-state index is 12.5. The number of piperidine rings is 1. The number of carbonyl (C=O) groups is 1. The van der Waals surface area contributed by atoms with Crippen molar-refractivity contribution in [3.05, 3.63) is 93.1 Å². The highest BCUT2D eigenvalue weighted by Crippen LogP contribution is 2.15. The molecule has 1 amide bonds. The summed E-state index contributed by atoms with van der Waals surface area (Å²) in [7, 11) is 0. The zero-order valence-electron chi connectivity index (χ0n) is 20.0. The first-order valence-electron chi connectivity index (χ1n) is 12.0. The lowest BCUT2D eigenvalue weighted by molar-refractivity contribution is -0.119. The molecule has 8 heteroatoms. The predicted molar refractivity (Wildman–Crippen MR) is 137 cm³/mol. The molecular weight excluding hydrogens is 464 g/mol. The fourth-order valence-electron chi connectivity index (χ4n) is 4.26. The second kappa shape index (κ2) is 12.0. The minimum absolute atomic E-state index is 0.0530. The van der Waals surface area contributed by atoms with Crippen molar-refractivity contribution in [1.29, 1.82) is 0 Å². The van der Waals surface area contributed by atoms with Crippen molar-refractivity contribution in [1.82, 2.24) is 19.8 Å². The van der Waals surface area contributed by atoms with Gasteiger partial charge in [0.05, 0.1) is 10.7 Å². The third kappa shape index (κ3) is 7.67. The molecule has 4 rings (SSSR count). The summed E-state index contributed by atoms with van der Waals surface area (Å²) in [6.45, 7) is 5.36. The third-order valence-electron chi connectivity index (χ3n) is 6.21. The molecule has 1 N–H and O–H groups in total. The molecule has 35 heavy (non-hydrogen) atoms. The van der Waals surface area contributed by atoms with E-state index in [1.54, 1.807) is 42.1 Å². The van der Waals surface area contributed by atoms with Crippen molar-refractivity contribution in [2.45, 2.75) is 51.9 Å². The number of ether oxygens (including phenoxy) is 1. The molecule has 0 radical (unpaired) electrons. The Labute approximate surface area is 210 Å². The van der Waals surface area contributed by atoms with Gasteiger partial charge in [-0.3, -0.25) is 19.5 Å². The average molecular weight is 495 g/mol. The number of aryl methyl sites for hydroxylation is 2. The summed E-state index contributed by atoms with van der Waals surface area (Å²) in [5.74, 6) is 0.575. The minimum Gasteiger partial charge on any atom is -0.487 e. The van der Waals surface area contributed by atoms with Crippen LogP contribution in [0, 0.1) is 0 Å². The second-order valence-electron chi connectivity index (χ2n) is 8.97. The molecule has 3 heterocycles. The van der Waals surface area contributed by atoms with Gasteiger partial charge < -0.3 is 14.6 Å². The molecule has 0 spiro atoms. The Morgan fingerprint density at radius 1 is 1.11 bits per heavy atom. The first-order chi connectivity index (χ1) is 16.9. The molecule has 0 saturated carbocycles. The third-order valence-corrected chi connectivity index (χ3v) is 6.43. The van der Waals surface area contributed by atoms with Crippen LogP contribution in [0.2, 0.25) is 5.02 Å². The highest BCUT2D eigenvalue weighted by Gasteiger charge is 2.19. The van der Waals surface area contributed by atoms with Crippen LogP contribution in [0.15, 0.2) is 65.7 Å². The summed E-state index contributed by atoms with van der Waals surface area (Å²) >= 11 is 5.85. The predicted octanol–water partition coefficient (Wildman–Crippen LogP) is 3.82. The number of aromatic nitrogens is 2. The second-order valence-corrected chi connectivity index (χ2v) is 9.40. The maximum absolute atomic E-state index is 12.5. The van der Waals surface area contributed by atoms with Crippen molar-refractivity contribution < 1.29 is 9.53 Å². The molecule has 1 aliphatic rings. The molecular formula is C27H31ClN4O3. The van der Waals surface area contributed by atoms with Crippen LogP contribution in [0.1, 0.15) is 36.6 Å². The molecule has 7 nitrogen and oxygen atoms in total. The summed E-state index contributed by atoms with van der Waals surface area (Å²) in [6.07, 6.45) is 6.11. The summed E-state index contributed by atoms with van der Waals surface area (Å²) < 4.78 is 7.38. The molecule has 0 bridgehead atoms. The Bertz CT molecular complexity index is 1170. The molecule has 2 aromatic heterocycles. The van der Waals surface area contributed by atoms with Crippen LogP contribution in [0.25, 0.3) is 0 Å². The first kappa shape index (κ1) is 24.9. The van der Waals surface area contributed by atoms with E-state index in [0.717, 1.165) is 44.6 Å². The molecule has 0 aliphatic carbocycles. The quantitative estimate of drug-likeness (QED) is 0.489. The van der Waals surface area contributed by atoms with E-state index in [-0.39, 0.29) is 18.1 Å². The average Bonchev–Trinajstić information content (AvgIpc) is 2.85. The van der Waals surface area contributed by atoms with Crippen molar-refractivity contribution in [3.63, 3.8) is 0 Å². The SMILES string of the molecule is CC(=O)NC1CCN(Cc2ccc(CCn3ccc(OCc4ccc(Cl)cn4)cc3=O)cc2)CC1. The molecule has 0 atom stereocenters. The minimum atomic E-state index is -0.0918. The normalized spacial score (nSPS) is 14.6. The van der Waals surface area contributed by atoms with Gasteiger partial charge in [-0.25, -0.2) is 0 Å². The highest BCUT2D eigenvalue weighted by atomic mass is 35.5. The monoisotopic (exact) mass is 494 g/mol. The van der Waals surface area contributed by atoms with E-state index in [9.17, 15) is 9.59 Å². The number of amides is 1. The number of hydrogen-bond acceptors (Lipinski definition) is 5. The maximum Gasteiger partial charge on any atom is 0.254 e. The zero-order chi connectivity index (χ0) is 24.6. The lowest BCUT2D eigenvalue weighted by Crippen LogP contribution is -2.43. The van der Waals surface area contributed by atoms with Crippen molar-refractivity contribution >= 4 is 17.5 Å². The molecule has 1 aliphatic heterocycles. The number of rotatable bonds is 9. The van der Waals surface area contributed by atoms with Gasteiger partial charge in [-0.2, -0.15) is 0 Å². The van der Waals surface area contributed by atoms with Gasteiger partial charge in [-0.05, 0) is 48.6 Å². The number of likely N-dealkylation sites (tertiary alicyclic amines) is 1. The fraction of sp³-hybridized carbons (Fsp3) is 0.370. The number of carbonyl (C=O) groups excluding carboxylic acids is 1. The largest absolute Gasteiger partial charge is 0.487 e. The summed E-state index contributed by atoms with van der Waals surface area (Å²) in [5.41, 5.74) is 3.13. The van der Waals surface area contributed by atoms with Crippen LogP contribution >= 0.6 is 11.6 Å². The Morgan fingerprint density at radius 3 is 2.51 bits per heavy atom. The van der Waals surface area contributed by atoms with E-state index in [4.69, 9.17) is 16.3 Å². The van der Waals surface area contributed by atoms with E-state index >= 15 is 0 Å². The van der Waals surface area contributed by atoms with Crippen LogP contribution in [-0.2, 0) is 30.9 Å². The summed E-state index contributed by atoms with van der Waals surface area (Å²) in [4.78, 5) is 30.3. The van der Waals surface area contributed by atoms with E-state index in [2.05, 4.69) is 39.5 Å². The van der Waals surface area contributed by atoms with Gasteiger partial charge in [0.1, 0.15) is 12.4 Å². The number of nitrogens with one attached hydrogen (secondary N) is 1. The molecule has 1 aromatic carbocycles. The first-order valence-corrected chi connectivity index (χ1v) is 12.3. The molecule has 1 saturated heterocycles. The Hall–Kier alpha value is -3.16. The molecule has 3 aromatic rings. The summed E-state index contributed by atoms with van der Waals surface area (Å²) in [5, 5.41) is 3.59. The van der Waals surface area contributed by atoms with E-state index in [0.29, 0.717) is 23.4 Å². The number of pyridine rings is 2. The highest BCUT2D eigenvalue weighted by molar-refractivity contribution is 6.30. The molecule has 0 unspecified atom stereocenters. The topological polar surface area (TPSA) is 76.5 Å². The Morgan fingerprint density at radius 2 is 1.86 bits per heavy atom. The number of hydrogen-bond donors (Lipinski definition) is 1. The van der Waals surface area contributed by atoms with Crippen LogP contribution in [0.4, 0.5) is 0 Å². The summed E-state index contributed by atoms with van der Waals surface area (Å²) in [6, 6.07) is 15.8. The number of benzene rings is 1. The lowest BCUT2D eigenvalue weighted by Gasteiger charge is -2.32. The smallest absolute Gasteiger partial charge is 0.254 e.